The maximum absolute atomic E-state index is 12.4. The summed E-state index contributed by atoms with van der Waals surface area (Å²) in [7, 11) is 1.40. The second-order valence-electron chi connectivity index (χ2n) is 4.74. The molecule has 0 bridgehead atoms. The van der Waals surface area contributed by atoms with Crippen LogP contribution in [-0.4, -0.2) is 28.8 Å². The molecule has 0 saturated carbocycles. The highest BCUT2D eigenvalue weighted by atomic mass is 16.7. The Morgan fingerprint density at radius 3 is 2.79 bits per heavy atom. The third kappa shape index (κ3) is 1.58. The molecule has 1 aliphatic heterocycles. The van der Waals surface area contributed by atoms with Gasteiger partial charge in [0.1, 0.15) is 17.2 Å². The van der Waals surface area contributed by atoms with E-state index in [-0.39, 0.29) is 11.5 Å². The molecule has 98 valence electrons. The maximum Gasteiger partial charge on any atom is 0.273 e. The topological polar surface area (TPSA) is 68.7 Å². The van der Waals surface area contributed by atoms with E-state index in [4.69, 9.17) is 9.47 Å². The first kappa shape index (κ1) is 11.9. The molecule has 0 saturated heterocycles. The zero-order valence-electron chi connectivity index (χ0n) is 10.9. The first-order valence-electron chi connectivity index (χ1n) is 5.88. The van der Waals surface area contributed by atoms with E-state index in [9.17, 15) is 9.90 Å². The summed E-state index contributed by atoms with van der Waals surface area (Å²) in [5.41, 5.74) is 1.02. The smallest absolute Gasteiger partial charge is 0.273 e. The van der Waals surface area contributed by atoms with Crippen LogP contribution in [-0.2, 0) is 4.74 Å². The zero-order chi connectivity index (χ0) is 13.8. The molecular weight excluding hydrogens is 246 g/mol. The fourth-order valence-electron chi connectivity index (χ4n) is 2.33. The van der Waals surface area contributed by atoms with Crippen molar-refractivity contribution in [3.63, 3.8) is 0 Å². The number of carbonyl (C=O) groups excluding carboxylic acids is 1. The van der Waals surface area contributed by atoms with Gasteiger partial charge in [0.05, 0.1) is 5.39 Å². The van der Waals surface area contributed by atoms with Gasteiger partial charge in [-0.25, -0.2) is 4.98 Å². The van der Waals surface area contributed by atoms with E-state index in [1.165, 1.54) is 20.1 Å². The average molecular weight is 259 g/mol. The fraction of sp³-hybridized carbons (Fsp3) is 0.286. The Labute approximate surface area is 109 Å². The molecule has 1 aromatic carbocycles. The van der Waals surface area contributed by atoms with Gasteiger partial charge in [-0.3, -0.25) is 4.79 Å². The lowest BCUT2D eigenvalue weighted by Gasteiger charge is -2.32. The van der Waals surface area contributed by atoms with E-state index in [0.29, 0.717) is 22.5 Å². The fourth-order valence-corrected chi connectivity index (χ4v) is 2.33. The molecule has 1 aliphatic rings. The van der Waals surface area contributed by atoms with Crippen molar-refractivity contribution in [3.05, 3.63) is 29.6 Å². The number of phenols is 1. The quantitative estimate of drug-likeness (QED) is 0.850. The van der Waals surface area contributed by atoms with Crippen LogP contribution in [0.15, 0.2) is 18.2 Å². The molecule has 0 radical (unpaired) electrons. The number of methoxy groups -OCH3 is 1. The van der Waals surface area contributed by atoms with Gasteiger partial charge in [-0.1, -0.05) is 0 Å². The molecule has 1 N–H and O–H groups in total. The third-order valence-corrected chi connectivity index (χ3v) is 3.33. The minimum Gasteiger partial charge on any atom is -0.508 e. The van der Waals surface area contributed by atoms with Crippen LogP contribution in [0, 0.1) is 6.92 Å². The van der Waals surface area contributed by atoms with Gasteiger partial charge in [-0.05, 0) is 24.4 Å². The van der Waals surface area contributed by atoms with Crippen molar-refractivity contribution in [1.29, 1.82) is 0 Å². The van der Waals surface area contributed by atoms with Crippen LogP contribution >= 0.6 is 0 Å². The highest BCUT2D eigenvalue weighted by molar-refractivity contribution is 6.13. The molecular formula is C14H13NO4. The lowest BCUT2D eigenvalue weighted by molar-refractivity contribution is -0.114. The number of ether oxygens (including phenoxy) is 2. The van der Waals surface area contributed by atoms with Crippen LogP contribution in [0.3, 0.4) is 0 Å². The summed E-state index contributed by atoms with van der Waals surface area (Å²) in [6, 6.07) is 4.85. The Hall–Kier alpha value is -2.14. The molecule has 0 fully saturated rings. The molecule has 0 aliphatic carbocycles. The Morgan fingerprint density at radius 2 is 2.11 bits per heavy atom. The molecule has 1 unspecified atom stereocenters. The van der Waals surface area contributed by atoms with Gasteiger partial charge in [-0.15, -0.1) is 0 Å². The van der Waals surface area contributed by atoms with E-state index in [1.54, 1.807) is 19.1 Å². The summed E-state index contributed by atoms with van der Waals surface area (Å²) < 4.78 is 10.8. The highest BCUT2D eigenvalue weighted by Crippen LogP contribution is 2.40. The Kier molecular flexibility index (Phi) is 2.31. The summed E-state index contributed by atoms with van der Waals surface area (Å²) >= 11 is 0. The van der Waals surface area contributed by atoms with E-state index in [0.717, 1.165) is 5.39 Å². The van der Waals surface area contributed by atoms with E-state index in [2.05, 4.69) is 4.98 Å². The molecule has 5 nitrogen and oxygen atoms in total. The van der Waals surface area contributed by atoms with Gasteiger partial charge in [-0.2, -0.15) is 0 Å². The van der Waals surface area contributed by atoms with Crippen molar-refractivity contribution >= 4 is 16.6 Å². The molecule has 3 rings (SSSR count). The van der Waals surface area contributed by atoms with Crippen molar-refractivity contribution in [2.24, 2.45) is 0 Å². The Morgan fingerprint density at radius 1 is 1.37 bits per heavy atom. The maximum atomic E-state index is 12.4. The number of aromatic hydroxyl groups is 1. The number of hydrogen-bond acceptors (Lipinski definition) is 5. The minimum absolute atomic E-state index is 0.0758. The summed E-state index contributed by atoms with van der Waals surface area (Å²) in [6.45, 7) is 3.34. The molecule has 2 heterocycles. The number of phenolic OH excluding ortho intramolecular Hbond substituents is 1. The molecule has 1 aromatic heterocycles. The van der Waals surface area contributed by atoms with E-state index >= 15 is 0 Å². The number of carbonyl (C=O) groups is 1. The predicted molar refractivity (Wildman–Crippen MR) is 68.5 cm³/mol. The number of nitrogens with zero attached hydrogens (tertiary/aromatic N) is 1. The molecule has 1 atom stereocenters. The largest absolute Gasteiger partial charge is 0.508 e. The van der Waals surface area contributed by atoms with Crippen molar-refractivity contribution in [2.75, 3.05) is 7.11 Å². The van der Waals surface area contributed by atoms with Gasteiger partial charge >= 0.3 is 0 Å². The van der Waals surface area contributed by atoms with Crippen molar-refractivity contribution in [3.8, 4) is 11.5 Å². The number of rotatable bonds is 1. The molecule has 0 amide bonds. The second kappa shape index (κ2) is 3.68. The van der Waals surface area contributed by atoms with Crippen LogP contribution in [0.2, 0.25) is 0 Å². The number of benzene rings is 1. The van der Waals surface area contributed by atoms with E-state index < -0.39 is 5.79 Å². The highest BCUT2D eigenvalue weighted by Gasteiger charge is 2.43. The first-order chi connectivity index (χ1) is 8.94. The second-order valence-corrected chi connectivity index (χ2v) is 4.74. The van der Waals surface area contributed by atoms with Gasteiger partial charge in [0.15, 0.2) is 0 Å². The van der Waals surface area contributed by atoms with Gasteiger partial charge in [0, 0.05) is 25.8 Å². The number of pyridine rings is 1. The number of aromatic nitrogens is 1. The van der Waals surface area contributed by atoms with E-state index in [1.807, 2.05) is 0 Å². The summed E-state index contributed by atoms with van der Waals surface area (Å²) in [6.07, 6.45) is 0. The lowest BCUT2D eigenvalue weighted by Crippen LogP contribution is -2.46. The lowest BCUT2D eigenvalue weighted by atomic mass is 9.98. The van der Waals surface area contributed by atoms with Gasteiger partial charge in [0.25, 0.3) is 11.6 Å². The Balaban J connectivity index is 2.42. The summed E-state index contributed by atoms with van der Waals surface area (Å²) in [5, 5.41) is 11.1. The van der Waals surface area contributed by atoms with Gasteiger partial charge < -0.3 is 14.6 Å². The molecule has 0 spiro atoms. The molecule has 19 heavy (non-hydrogen) atoms. The normalized spacial score (nSPS) is 21.5. The first-order valence-corrected chi connectivity index (χ1v) is 5.88. The number of aryl methyl sites for hydroxylation is 1. The number of hydrogen-bond donors (Lipinski definition) is 1. The van der Waals surface area contributed by atoms with Crippen molar-refractivity contribution in [2.45, 2.75) is 19.6 Å². The van der Waals surface area contributed by atoms with Crippen LogP contribution in [0.25, 0.3) is 10.8 Å². The Bertz CT molecular complexity index is 705. The van der Waals surface area contributed by atoms with Crippen molar-refractivity contribution in [1.82, 2.24) is 4.98 Å². The van der Waals surface area contributed by atoms with Crippen LogP contribution in [0.1, 0.15) is 23.1 Å². The SMILES string of the molecule is COC1(C)Oc2cc(O)cc3cc(C)nc(c23)C1=O. The van der Waals surface area contributed by atoms with Crippen LogP contribution in [0.5, 0.6) is 11.5 Å². The average Bonchev–Trinajstić information content (AvgIpc) is 2.34. The summed E-state index contributed by atoms with van der Waals surface area (Å²) in [5.74, 6) is -1.25. The van der Waals surface area contributed by atoms with Crippen LogP contribution < -0.4 is 4.74 Å². The van der Waals surface area contributed by atoms with Crippen LogP contribution in [0.4, 0.5) is 0 Å². The number of ketones is 1. The standard InChI is InChI=1S/C14H13NO4/c1-7-4-8-5-9(16)6-10-11(8)12(15-7)13(17)14(2,18-3)19-10/h4-6,16H,1-3H3. The summed E-state index contributed by atoms with van der Waals surface area (Å²) in [4.78, 5) is 16.7. The predicted octanol–water partition coefficient (Wildman–Crippen LogP) is 2.19. The zero-order valence-corrected chi connectivity index (χ0v) is 10.9. The monoisotopic (exact) mass is 259 g/mol. The minimum atomic E-state index is -1.41. The molecule has 5 heteroatoms. The van der Waals surface area contributed by atoms with Gasteiger partial charge in [0.2, 0.25) is 0 Å². The third-order valence-electron chi connectivity index (χ3n) is 3.33. The van der Waals surface area contributed by atoms with Crippen molar-refractivity contribution < 1.29 is 19.4 Å². The number of Topliss-reactive ketones (excluding diaryl/α,β-unsaturated/α-hetero) is 1. The molecule has 2 aromatic rings.